The molecule has 0 aliphatic heterocycles. The largest absolute Gasteiger partial charge is 0.354 e. The molecule has 1 aromatic carbocycles. The SMILES string of the molecule is CCn1ccc(CNCC(=O)NCc2ccccc2)c1. The number of amides is 1. The first kappa shape index (κ1) is 14.3. The molecule has 0 saturated heterocycles. The van der Waals surface area contributed by atoms with Crippen LogP contribution in [0.5, 0.6) is 0 Å². The Kier molecular flexibility index (Phi) is 5.38. The zero-order valence-corrected chi connectivity index (χ0v) is 11.8. The standard InChI is InChI=1S/C16H21N3O/c1-2-19-9-8-15(13-19)10-17-12-16(20)18-11-14-6-4-3-5-7-14/h3-9,13,17H,2,10-12H2,1H3,(H,18,20). The summed E-state index contributed by atoms with van der Waals surface area (Å²) in [4.78, 5) is 11.7. The number of hydrogen-bond acceptors (Lipinski definition) is 2. The summed E-state index contributed by atoms with van der Waals surface area (Å²) < 4.78 is 2.12. The van der Waals surface area contributed by atoms with Crippen molar-refractivity contribution < 1.29 is 4.79 Å². The van der Waals surface area contributed by atoms with Gasteiger partial charge in [-0.3, -0.25) is 4.79 Å². The van der Waals surface area contributed by atoms with Gasteiger partial charge >= 0.3 is 0 Å². The number of rotatable bonds is 7. The molecule has 20 heavy (non-hydrogen) atoms. The molecule has 0 spiro atoms. The van der Waals surface area contributed by atoms with Gasteiger partial charge in [-0.15, -0.1) is 0 Å². The van der Waals surface area contributed by atoms with Crippen molar-refractivity contribution in [1.82, 2.24) is 15.2 Å². The Morgan fingerprint density at radius 1 is 1.10 bits per heavy atom. The van der Waals surface area contributed by atoms with Gasteiger partial charge in [0, 0.05) is 32.0 Å². The van der Waals surface area contributed by atoms with Crippen LogP contribution in [0.3, 0.4) is 0 Å². The van der Waals surface area contributed by atoms with E-state index in [1.807, 2.05) is 36.5 Å². The minimum absolute atomic E-state index is 0.0174. The molecule has 0 aliphatic rings. The summed E-state index contributed by atoms with van der Waals surface area (Å²) in [6, 6.07) is 12.0. The second-order valence-corrected chi connectivity index (χ2v) is 4.72. The quantitative estimate of drug-likeness (QED) is 0.808. The number of hydrogen-bond donors (Lipinski definition) is 2. The summed E-state index contributed by atoms with van der Waals surface area (Å²) in [5, 5.41) is 6.04. The minimum Gasteiger partial charge on any atom is -0.354 e. The van der Waals surface area contributed by atoms with E-state index in [1.54, 1.807) is 0 Å². The molecule has 4 nitrogen and oxygen atoms in total. The van der Waals surface area contributed by atoms with Crippen molar-refractivity contribution in [2.75, 3.05) is 6.54 Å². The molecular weight excluding hydrogens is 250 g/mol. The summed E-state index contributed by atoms with van der Waals surface area (Å²) in [7, 11) is 0. The van der Waals surface area contributed by atoms with E-state index < -0.39 is 0 Å². The normalized spacial score (nSPS) is 10.4. The number of aromatic nitrogens is 1. The van der Waals surface area contributed by atoms with Crippen LogP contribution in [0.15, 0.2) is 48.8 Å². The smallest absolute Gasteiger partial charge is 0.234 e. The first-order valence-electron chi connectivity index (χ1n) is 6.94. The van der Waals surface area contributed by atoms with Crippen LogP contribution in [0, 0.1) is 0 Å². The van der Waals surface area contributed by atoms with Gasteiger partial charge in [0.1, 0.15) is 0 Å². The first-order valence-corrected chi connectivity index (χ1v) is 6.94. The zero-order valence-electron chi connectivity index (χ0n) is 11.8. The van der Waals surface area contributed by atoms with E-state index in [-0.39, 0.29) is 5.91 Å². The Bertz CT molecular complexity index is 534. The van der Waals surface area contributed by atoms with Gasteiger partial charge in [-0.1, -0.05) is 30.3 Å². The van der Waals surface area contributed by atoms with E-state index in [1.165, 1.54) is 5.56 Å². The van der Waals surface area contributed by atoms with Crippen molar-refractivity contribution in [2.24, 2.45) is 0 Å². The van der Waals surface area contributed by atoms with Crippen molar-refractivity contribution >= 4 is 5.91 Å². The van der Waals surface area contributed by atoms with E-state index in [0.29, 0.717) is 19.6 Å². The maximum Gasteiger partial charge on any atom is 0.234 e. The van der Waals surface area contributed by atoms with Crippen LogP contribution in [0.4, 0.5) is 0 Å². The lowest BCUT2D eigenvalue weighted by Gasteiger charge is -2.06. The van der Waals surface area contributed by atoms with Crippen LogP contribution in [-0.2, 0) is 24.4 Å². The number of carbonyl (C=O) groups is 1. The molecule has 2 rings (SSSR count). The molecule has 0 saturated carbocycles. The van der Waals surface area contributed by atoms with Gasteiger partial charge < -0.3 is 15.2 Å². The average Bonchev–Trinajstić information content (AvgIpc) is 2.94. The van der Waals surface area contributed by atoms with Crippen LogP contribution in [0.1, 0.15) is 18.1 Å². The lowest BCUT2D eigenvalue weighted by Crippen LogP contribution is -2.33. The highest BCUT2D eigenvalue weighted by atomic mass is 16.1. The lowest BCUT2D eigenvalue weighted by molar-refractivity contribution is -0.120. The summed E-state index contributed by atoms with van der Waals surface area (Å²) in [5.41, 5.74) is 2.31. The Labute approximate surface area is 119 Å². The zero-order chi connectivity index (χ0) is 14.2. The molecule has 0 aliphatic carbocycles. The monoisotopic (exact) mass is 271 g/mol. The number of benzene rings is 1. The predicted molar refractivity (Wildman–Crippen MR) is 80.1 cm³/mol. The number of nitrogens with one attached hydrogen (secondary N) is 2. The second-order valence-electron chi connectivity index (χ2n) is 4.72. The molecule has 106 valence electrons. The van der Waals surface area contributed by atoms with Crippen molar-refractivity contribution in [1.29, 1.82) is 0 Å². The Hall–Kier alpha value is -2.07. The Balaban J connectivity index is 1.65. The molecule has 4 heteroatoms. The summed E-state index contributed by atoms with van der Waals surface area (Å²) >= 11 is 0. The van der Waals surface area contributed by atoms with Gasteiger partial charge in [-0.25, -0.2) is 0 Å². The number of aryl methyl sites for hydroxylation is 1. The molecule has 0 unspecified atom stereocenters. The maximum absolute atomic E-state index is 11.7. The number of nitrogens with zero attached hydrogens (tertiary/aromatic N) is 1. The maximum atomic E-state index is 11.7. The molecule has 0 atom stereocenters. The van der Waals surface area contributed by atoms with Crippen LogP contribution < -0.4 is 10.6 Å². The second kappa shape index (κ2) is 7.50. The highest BCUT2D eigenvalue weighted by molar-refractivity contribution is 5.77. The van der Waals surface area contributed by atoms with Crippen molar-refractivity contribution in [2.45, 2.75) is 26.6 Å². The van der Waals surface area contributed by atoms with Gasteiger partial charge in [-0.05, 0) is 24.1 Å². The van der Waals surface area contributed by atoms with E-state index >= 15 is 0 Å². The van der Waals surface area contributed by atoms with E-state index in [9.17, 15) is 4.79 Å². The third-order valence-electron chi connectivity index (χ3n) is 3.12. The molecule has 1 heterocycles. The van der Waals surface area contributed by atoms with Crippen LogP contribution in [-0.4, -0.2) is 17.0 Å². The van der Waals surface area contributed by atoms with Crippen LogP contribution >= 0.6 is 0 Å². The number of carbonyl (C=O) groups excluding carboxylic acids is 1. The predicted octanol–water partition coefficient (Wildman–Crippen LogP) is 1.91. The molecule has 1 amide bonds. The molecule has 2 aromatic rings. The van der Waals surface area contributed by atoms with Crippen molar-refractivity contribution in [3.05, 3.63) is 59.9 Å². The molecule has 0 fully saturated rings. The van der Waals surface area contributed by atoms with Gasteiger partial charge in [0.15, 0.2) is 0 Å². The van der Waals surface area contributed by atoms with Gasteiger partial charge in [0.2, 0.25) is 5.91 Å². The van der Waals surface area contributed by atoms with E-state index in [0.717, 1.165) is 12.1 Å². The van der Waals surface area contributed by atoms with Gasteiger partial charge in [-0.2, -0.15) is 0 Å². The minimum atomic E-state index is 0.0174. The van der Waals surface area contributed by atoms with E-state index in [2.05, 4.69) is 34.4 Å². The van der Waals surface area contributed by atoms with Crippen LogP contribution in [0.2, 0.25) is 0 Å². The highest BCUT2D eigenvalue weighted by Gasteiger charge is 2.01. The van der Waals surface area contributed by atoms with Gasteiger partial charge in [0.05, 0.1) is 6.54 Å². The molecule has 2 N–H and O–H groups in total. The average molecular weight is 271 g/mol. The topological polar surface area (TPSA) is 46.1 Å². The van der Waals surface area contributed by atoms with Crippen molar-refractivity contribution in [3.63, 3.8) is 0 Å². The lowest BCUT2D eigenvalue weighted by atomic mass is 10.2. The molecule has 0 radical (unpaired) electrons. The van der Waals surface area contributed by atoms with Crippen molar-refractivity contribution in [3.8, 4) is 0 Å². The summed E-state index contributed by atoms with van der Waals surface area (Å²) in [6.07, 6.45) is 4.14. The molecule has 1 aromatic heterocycles. The third-order valence-corrected chi connectivity index (χ3v) is 3.12. The van der Waals surface area contributed by atoms with Gasteiger partial charge in [0.25, 0.3) is 0 Å². The summed E-state index contributed by atoms with van der Waals surface area (Å²) in [6.45, 7) is 4.70. The fourth-order valence-electron chi connectivity index (χ4n) is 1.97. The summed E-state index contributed by atoms with van der Waals surface area (Å²) in [5.74, 6) is 0.0174. The molecular formula is C16H21N3O. The Morgan fingerprint density at radius 2 is 1.90 bits per heavy atom. The molecule has 0 bridgehead atoms. The first-order chi connectivity index (χ1) is 9.78. The highest BCUT2D eigenvalue weighted by Crippen LogP contribution is 2.00. The Morgan fingerprint density at radius 3 is 2.60 bits per heavy atom. The third kappa shape index (κ3) is 4.55. The fraction of sp³-hybridized carbons (Fsp3) is 0.312. The fourth-order valence-corrected chi connectivity index (χ4v) is 1.97. The van der Waals surface area contributed by atoms with Crippen LogP contribution in [0.25, 0.3) is 0 Å². The van der Waals surface area contributed by atoms with E-state index in [4.69, 9.17) is 0 Å².